The number of benzene rings is 1. The number of carbonyl (C=O) groups excluding carboxylic acids is 1. The van der Waals surface area contributed by atoms with Gasteiger partial charge >= 0.3 is 12.1 Å². The van der Waals surface area contributed by atoms with Crippen molar-refractivity contribution in [1.82, 2.24) is 15.1 Å². The van der Waals surface area contributed by atoms with Crippen LogP contribution in [0, 0.1) is 0 Å². The topological polar surface area (TPSA) is 141 Å². The first-order chi connectivity index (χ1) is 16.8. The van der Waals surface area contributed by atoms with Gasteiger partial charge in [-0.05, 0) is 31.3 Å². The van der Waals surface area contributed by atoms with E-state index in [-0.39, 0.29) is 23.0 Å². The van der Waals surface area contributed by atoms with Crippen molar-refractivity contribution in [3.8, 4) is 11.5 Å². The van der Waals surface area contributed by atoms with Crippen molar-refractivity contribution in [2.24, 2.45) is 10.7 Å². The summed E-state index contributed by atoms with van der Waals surface area (Å²) in [5, 5.41) is 6.33. The van der Waals surface area contributed by atoms with Gasteiger partial charge in [-0.1, -0.05) is 31.5 Å². The van der Waals surface area contributed by atoms with Crippen molar-refractivity contribution in [2.45, 2.75) is 24.9 Å². The monoisotopic (exact) mass is 551 g/mol. The molecule has 0 unspecified atom stereocenters. The maximum absolute atomic E-state index is 13.2. The minimum absolute atomic E-state index is 0.0414. The Morgan fingerprint density at radius 3 is 2.50 bits per heavy atom. The Labute approximate surface area is 210 Å². The molecular weight excluding hydrogens is 527 g/mol. The molecule has 0 aliphatic rings. The van der Waals surface area contributed by atoms with Crippen molar-refractivity contribution in [3.63, 3.8) is 0 Å². The Morgan fingerprint density at radius 1 is 1.25 bits per heavy atom. The van der Waals surface area contributed by atoms with Crippen LogP contribution in [0.4, 0.5) is 13.2 Å². The molecule has 0 radical (unpaired) electrons. The fourth-order valence-electron chi connectivity index (χ4n) is 2.80. The Hall–Kier alpha value is -2.97. The van der Waals surface area contributed by atoms with Gasteiger partial charge in [-0.2, -0.15) is 13.2 Å². The van der Waals surface area contributed by atoms with Crippen LogP contribution < -0.4 is 5.73 Å². The lowest BCUT2D eigenvalue weighted by Gasteiger charge is -2.17. The molecule has 36 heavy (non-hydrogen) atoms. The highest BCUT2D eigenvalue weighted by molar-refractivity contribution is 7.90. The third kappa shape index (κ3) is 8.03. The predicted molar refractivity (Wildman–Crippen MR) is 126 cm³/mol. The van der Waals surface area contributed by atoms with Crippen molar-refractivity contribution in [1.29, 1.82) is 0 Å². The number of alkyl halides is 3. The van der Waals surface area contributed by atoms with E-state index in [1.807, 2.05) is 18.7 Å². The van der Waals surface area contributed by atoms with Gasteiger partial charge < -0.3 is 19.8 Å². The minimum atomic E-state index is -5.01. The number of likely N-dealkylation sites (N-methyl/N-ethyl adjacent to an activating group) is 1. The van der Waals surface area contributed by atoms with Crippen LogP contribution in [0.3, 0.4) is 0 Å². The van der Waals surface area contributed by atoms with Gasteiger partial charge in [0.25, 0.3) is 5.89 Å². The van der Waals surface area contributed by atoms with Crippen LogP contribution in [-0.2, 0) is 19.4 Å². The van der Waals surface area contributed by atoms with Gasteiger partial charge in [-0.25, -0.2) is 8.42 Å². The zero-order chi connectivity index (χ0) is 27.1. The number of nitrogens with two attached hydrogens (primary N) is 1. The molecule has 0 bridgehead atoms. The van der Waals surface area contributed by atoms with Gasteiger partial charge in [0.2, 0.25) is 5.89 Å². The number of sulfone groups is 1. The van der Waals surface area contributed by atoms with Gasteiger partial charge in [0.15, 0.2) is 9.84 Å². The first kappa shape index (κ1) is 29.3. The third-order valence-corrected chi connectivity index (χ3v) is 6.31. The summed E-state index contributed by atoms with van der Waals surface area (Å²) in [7, 11) is -3.56. The smallest absolute Gasteiger partial charge is 0.432 e. The molecule has 2 N–H and O–H groups in total. The zero-order valence-corrected chi connectivity index (χ0v) is 21.2. The quantitative estimate of drug-likeness (QED) is 0.329. The summed E-state index contributed by atoms with van der Waals surface area (Å²) in [5.74, 6) is -1.61. The lowest BCUT2D eigenvalue weighted by molar-refractivity contribution is -0.142. The van der Waals surface area contributed by atoms with Gasteiger partial charge in [0, 0.05) is 18.4 Å². The van der Waals surface area contributed by atoms with Crippen LogP contribution in [-0.4, -0.2) is 80.4 Å². The zero-order valence-electron chi connectivity index (χ0n) is 19.7. The average Bonchev–Trinajstić information content (AvgIpc) is 3.30. The molecule has 1 aromatic heterocycles. The fraction of sp³-hybridized carbons (Fsp3) is 0.429. The lowest BCUT2D eigenvalue weighted by atomic mass is 10.2. The van der Waals surface area contributed by atoms with Crippen molar-refractivity contribution in [2.75, 3.05) is 39.0 Å². The number of carbonyl (C=O) groups is 1. The second kappa shape index (κ2) is 12.3. The van der Waals surface area contributed by atoms with Crippen LogP contribution >= 0.6 is 11.6 Å². The molecule has 10 nitrogen and oxygen atoms in total. The van der Waals surface area contributed by atoms with Gasteiger partial charge in [-0.3, -0.25) is 9.79 Å². The molecule has 0 atom stereocenters. The number of allylic oxidation sites excluding steroid dienone is 2. The maximum Gasteiger partial charge on any atom is 0.432 e. The van der Waals surface area contributed by atoms with Gasteiger partial charge in [0.05, 0.1) is 9.93 Å². The lowest BCUT2D eigenvalue weighted by Crippen LogP contribution is -2.28. The van der Waals surface area contributed by atoms with E-state index >= 15 is 0 Å². The van der Waals surface area contributed by atoms with Crippen LogP contribution in [0.25, 0.3) is 11.5 Å². The molecule has 15 heteroatoms. The molecule has 0 spiro atoms. The third-order valence-electron chi connectivity index (χ3n) is 4.82. The van der Waals surface area contributed by atoms with Crippen LogP contribution in [0.15, 0.2) is 49.3 Å². The van der Waals surface area contributed by atoms with E-state index in [1.165, 1.54) is 24.3 Å². The summed E-state index contributed by atoms with van der Waals surface area (Å²) in [6.07, 6.45) is -4.00. The summed E-state index contributed by atoms with van der Waals surface area (Å²) in [5.41, 5.74) is 2.95. The van der Waals surface area contributed by atoms with E-state index in [9.17, 15) is 26.4 Å². The number of aliphatic imine (C=N–C) groups is 1. The first-order valence-corrected chi connectivity index (χ1v) is 12.8. The van der Waals surface area contributed by atoms with Crippen LogP contribution in [0.5, 0.6) is 0 Å². The molecule has 1 heterocycles. The summed E-state index contributed by atoms with van der Waals surface area (Å²) in [6.45, 7) is 5.21. The predicted octanol–water partition coefficient (Wildman–Crippen LogP) is 2.79. The SMILES string of the molecule is CCN(CC)CCOC(=O)CN=C(C(Cl)=C(N)C(F)(F)F)c1nnc(-c2cccc(S(C)(=O)=O)c2)o1. The largest absolute Gasteiger partial charge is 0.463 e. The minimum Gasteiger partial charge on any atom is -0.463 e. The highest BCUT2D eigenvalue weighted by Gasteiger charge is 2.36. The number of aromatic nitrogens is 2. The number of rotatable bonds is 11. The van der Waals surface area contributed by atoms with Gasteiger partial charge in [-0.15, -0.1) is 10.2 Å². The number of halogens is 4. The highest BCUT2D eigenvalue weighted by atomic mass is 35.5. The molecule has 0 amide bonds. The normalized spacial score (nSPS) is 13.6. The number of nitrogens with zero attached hydrogens (tertiary/aromatic N) is 4. The van der Waals surface area contributed by atoms with E-state index < -0.39 is 50.9 Å². The number of hydrogen-bond acceptors (Lipinski definition) is 10. The first-order valence-electron chi connectivity index (χ1n) is 10.6. The molecule has 0 saturated heterocycles. The molecule has 0 aliphatic carbocycles. The van der Waals surface area contributed by atoms with E-state index in [0.717, 1.165) is 19.3 Å². The van der Waals surface area contributed by atoms with E-state index in [0.29, 0.717) is 6.54 Å². The van der Waals surface area contributed by atoms with E-state index in [4.69, 9.17) is 26.5 Å². The van der Waals surface area contributed by atoms with E-state index in [2.05, 4.69) is 15.2 Å². The summed E-state index contributed by atoms with van der Waals surface area (Å²) >= 11 is 5.86. The molecule has 0 aliphatic heterocycles. The Bertz CT molecular complexity index is 1240. The highest BCUT2D eigenvalue weighted by Crippen LogP contribution is 2.29. The molecule has 198 valence electrons. The number of ether oxygens (including phenoxy) is 1. The standard InChI is InChI=1S/C21H25ClF3N5O5S/c1-4-30(5-2)9-10-34-15(31)12-27-17(16(22)18(26)21(23,24)25)20-29-28-19(35-20)13-7-6-8-14(11-13)36(3,32)33/h6-8,11H,4-5,9-10,12,26H2,1-3H3. The molecule has 2 aromatic rings. The molecule has 0 fully saturated rings. The van der Waals surface area contributed by atoms with Crippen LogP contribution in [0.1, 0.15) is 19.7 Å². The Kier molecular flexibility index (Phi) is 10.0. The molecule has 1 aromatic carbocycles. The van der Waals surface area contributed by atoms with Crippen LogP contribution in [0.2, 0.25) is 0 Å². The van der Waals surface area contributed by atoms with Crippen molar-refractivity contribution < 1.29 is 35.5 Å². The van der Waals surface area contributed by atoms with Crippen molar-refractivity contribution in [3.05, 3.63) is 40.9 Å². The Morgan fingerprint density at radius 2 is 1.92 bits per heavy atom. The van der Waals surface area contributed by atoms with Crippen molar-refractivity contribution >= 4 is 33.1 Å². The summed E-state index contributed by atoms with van der Waals surface area (Å²) in [4.78, 5) is 17.9. The molecular formula is C21H25ClF3N5O5S. The molecule has 0 saturated carbocycles. The molecule has 2 rings (SSSR count). The summed E-state index contributed by atoms with van der Waals surface area (Å²) < 4.78 is 73.6. The van der Waals surface area contributed by atoms with Gasteiger partial charge in [0.1, 0.15) is 24.6 Å². The maximum atomic E-state index is 13.2. The Balaban J connectivity index is 2.37. The second-order valence-electron chi connectivity index (χ2n) is 7.35. The second-order valence-corrected chi connectivity index (χ2v) is 9.74. The fourth-order valence-corrected chi connectivity index (χ4v) is 3.71. The number of hydrogen-bond donors (Lipinski definition) is 1. The average molecular weight is 552 g/mol. The van der Waals surface area contributed by atoms with E-state index in [1.54, 1.807) is 0 Å². The summed E-state index contributed by atoms with van der Waals surface area (Å²) in [6, 6.07) is 5.47. The number of esters is 1.